The Morgan fingerprint density at radius 2 is 1.32 bits per heavy atom. The highest BCUT2D eigenvalue weighted by Crippen LogP contribution is 2.26. The maximum atomic E-state index is 11.4. The number of hydrogen-bond acceptors (Lipinski definition) is 16. The Hall–Kier alpha value is -6.02. The molecule has 6 rings (SSSR count). The van der Waals surface area contributed by atoms with E-state index in [1.54, 1.807) is 43.8 Å². The van der Waals surface area contributed by atoms with Crippen molar-refractivity contribution in [3.05, 3.63) is 109 Å². The maximum absolute atomic E-state index is 11.4. The molecule has 5 aromatic heterocycles. The predicted octanol–water partition coefficient (Wildman–Crippen LogP) is 10.5. The van der Waals surface area contributed by atoms with Crippen molar-refractivity contribution in [3.63, 3.8) is 0 Å². The minimum Gasteiger partial charge on any atom is -0.507 e. The first-order valence-electron chi connectivity index (χ1n) is 22.8. The number of amides is 2. The molecule has 69 heavy (non-hydrogen) atoms. The average molecular weight is 1000 g/mol. The van der Waals surface area contributed by atoms with Crippen LogP contribution in [0.5, 0.6) is 11.5 Å². The fraction of sp³-hybridized carbons (Fsp3) is 0.551. The SMILES string of the molecule is C=C1N=C(C(C)C)NO1.CC(C)c1cc(O)co1.CC(C)c1cc(O)cs1.CC(C)c1ncn[nH]1.CC(C)c1ns[nH]c1=O.CNC(=O)C(C)C.CNC(=O)C(C)C.Cc1cocc(C(C)C)c1=O. The van der Waals surface area contributed by atoms with Crippen LogP contribution in [0, 0.1) is 24.7 Å². The summed E-state index contributed by atoms with van der Waals surface area (Å²) >= 11 is 2.71. The van der Waals surface area contributed by atoms with Gasteiger partial charge in [0.15, 0.2) is 11.2 Å². The number of furan rings is 1. The Bertz CT molecular complexity index is 2240. The minimum absolute atomic E-state index is 0.0463. The van der Waals surface area contributed by atoms with Gasteiger partial charge in [0, 0.05) is 88.8 Å². The number of amidine groups is 1. The van der Waals surface area contributed by atoms with Gasteiger partial charge in [-0.05, 0) is 31.4 Å². The average Bonchev–Trinajstić information content (AvgIpc) is 4.15. The first-order chi connectivity index (χ1) is 32.1. The number of aliphatic imine (C=N–C) groups is 1. The van der Waals surface area contributed by atoms with Crippen molar-refractivity contribution in [3.8, 4) is 11.5 Å². The minimum atomic E-state index is -0.0463. The van der Waals surface area contributed by atoms with Gasteiger partial charge in [0.2, 0.25) is 17.7 Å². The van der Waals surface area contributed by atoms with Gasteiger partial charge < -0.3 is 34.5 Å². The molecule has 18 nitrogen and oxygen atoms in total. The van der Waals surface area contributed by atoms with E-state index in [9.17, 15) is 19.2 Å². The number of nitrogens with one attached hydrogen (secondary N) is 5. The smallest absolute Gasteiger partial charge is 0.281 e. The van der Waals surface area contributed by atoms with Gasteiger partial charge in [-0.15, -0.1) is 11.3 Å². The molecule has 388 valence electrons. The van der Waals surface area contributed by atoms with Crippen molar-refractivity contribution in [2.24, 2.45) is 22.7 Å². The number of aryl methyl sites for hydroxylation is 1. The molecule has 0 fully saturated rings. The van der Waals surface area contributed by atoms with Crippen molar-refractivity contribution in [1.82, 2.24) is 40.0 Å². The number of hydroxylamine groups is 1. The standard InChI is InChI=1S/C9H12O2.C7H10O2.C7H10OS.C6H10N2O.C5H9N3.C5H8N2OS.2C5H11NO/c1-6(2)8-5-11-4-7(3)9(8)10;2*1-5(2)7-3-6(8)4-9-7;1-4(2)6-7-5(3)9-8-6;1-4(2)5-6-3-7-8-5;1-3(2)4-5(8)7-9-6-4;2*1-4(2)5(7)6-3/h4-6H,1-3H3;2*3-5,8H,1-2H3;4H,3H2,1-2H3,(H,7,8);3-4H,1-2H3,(H,6,7,8);3H,1-2H3,(H,7,8);2*4H,1-3H3,(H,6,7). The first-order valence-corrected chi connectivity index (χ1v) is 24.4. The van der Waals surface area contributed by atoms with Gasteiger partial charge in [0.05, 0.1) is 12.5 Å². The van der Waals surface area contributed by atoms with E-state index < -0.39 is 0 Å². The summed E-state index contributed by atoms with van der Waals surface area (Å²) in [7, 11) is 3.28. The molecule has 7 N–H and O–H groups in total. The third kappa shape index (κ3) is 28.8. The van der Waals surface area contributed by atoms with Gasteiger partial charge in [0.25, 0.3) is 5.56 Å². The highest BCUT2D eigenvalue weighted by atomic mass is 32.1. The predicted molar refractivity (Wildman–Crippen MR) is 279 cm³/mol. The molecule has 0 atom stereocenters. The van der Waals surface area contributed by atoms with Gasteiger partial charge in [-0.1, -0.05) is 111 Å². The first kappa shape index (κ1) is 65.1. The lowest BCUT2D eigenvalue weighted by molar-refractivity contribution is -0.124. The highest BCUT2D eigenvalue weighted by Gasteiger charge is 2.12. The van der Waals surface area contributed by atoms with E-state index in [0.717, 1.165) is 34.7 Å². The van der Waals surface area contributed by atoms with Crippen LogP contribution in [0.1, 0.15) is 174 Å². The van der Waals surface area contributed by atoms with Crippen LogP contribution < -0.4 is 27.1 Å². The number of aromatic amines is 2. The number of aromatic nitrogens is 5. The van der Waals surface area contributed by atoms with E-state index in [0.29, 0.717) is 46.6 Å². The van der Waals surface area contributed by atoms with Crippen LogP contribution >= 0.6 is 23.1 Å². The largest absolute Gasteiger partial charge is 0.507 e. The van der Waals surface area contributed by atoms with Crippen LogP contribution in [0.15, 0.2) is 78.5 Å². The van der Waals surface area contributed by atoms with Crippen molar-refractivity contribution in [1.29, 1.82) is 0 Å². The van der Waals surface area contributed by atoms with Crippen LogP contribution in [0.2, 0.25) is 0 Å². The van der Waals surface area contributed by atoms with E-state index in [1.807, 2.05) is 89.2 Å². The quantitative estimate of drug-likeness (QED) is 0.0764. The molecular weight excluding hydrogens is 923 g/mol. The van der Waals surface area contributed by atoms with E-state index in [-0.39, 0.29) is 52.2 Å². The van der Waals surface area contributed by atoms with Crippen LogP contribution in [0.3, 0.4) is 0 Å². The molecule has 1 aliphatic rings. The van der Waals surface area contributed by atoms with E-state index in [1.165, 1.54) is 30.0 Å². The Labute approximate surface area is 417 Å². The molecule has 20 heteroatoms. The number of rotatable bonds is 8. The lowest BCUT2D eigenvalue weighted by Gasteiger charge is -2.02. The summed E-state index contributed by atoms with van der Waals surface area (Å²) in [5, 5.41) is 31.0. The molecule has 0 aliphatic carbocycles. The van der Waals surface area contributed by atoms with Crippen LogP contribution in [0.4, 0.5) is 0 Å². The maximum Gasteiger partial charge on any atom is 0.281 e. The Kier molecular flexibility index (Phi) is 33.1. The molecule has 2 amide bonds. The molecule has 0 saturated heterocycles. The summed E-state index contributed by atoms with van der Waals surface area (Å²) in [6.45, 7) is 37.0. The number of H-pyrrole nitrogens is 2. The van der Waals surface area contributed by atoms with Crippen molar-refractivity contribution in [2.45, 2.75) is 147 Å². The normalized spacial score (nSPS) is 11.1. The molecule has 1 aliphatic heterocycles. The monoisotopic (exact) mass is 1000 g/mol. The number of carbonyl (C=O) groups is 2. The molecule has 0 aromatic carbocycles. The second-order valence-electron chi connectivity index (χ2n) is 17.7. The summed E-state index contributed by atoms with van der Waals surface area (Å²) in [6, 6.07) is 3.44. The molecule has 0 unspecified atom stereocenters. The third-order valence-corrected chi connectivity index (χ3v) is 10.5. The third-order valence-electron chi connectivity index (χ3n) is 8.68. The van der Waals surface area contributed by atoms with Crippen LogP contribution in [-0.4, -0.2) is 65.9 Å². The van der Waals surface area contributed by atoms with E-state index in [4.69, 9.17) is 23.9 Å². The van der Waals surface area contributed by atoms with Crippen molar-refractivity contribution >= 4 is 40.7 Å². The van der Waals surface area contributed by atoms with Gasteiger partial charge in [-0.2, -0.15) is 14.5 Å². The van der Waals surface area contributed by atoms with Crippen molar-refractivity contribution in [2.75, 3.05) is 14.1 Å². The second kappa shape index (κ2) is 35.1. The zero-order valence-corrected chi connectivity index (χ0v) is 45.9. The van der Waals surface area contributed by atoms with Crippen LogP contribution in [-0.2, 0) is 14.4 Å². The summed E-state index contributed by atoms with van der Waals surface area (Å²) in [6.07, 6.45) is 5.87. The Morgan fingerprint density at radius 3 is 1.54 bits per heavy atom. The number of carbonyl (C=O) groups excluding carboxylic acids is 2. The molecule has 6 heterocycles. The molecule has 0 bridgehead atoms. The summed E-state index contributed by atoms with van der Waals surface area (Å²) < 4.78 is 16.4. The Morgan fingerprint density at radius 1 is 0.739 bits per heavy atom. The van der Waals surface area contributed by atoms with Crippen molar-refractivity contribution < 1.29 is 33.5 Å². The number of aromatic hydroxyl groups is 2. The highest BCUT2D eigenvalue weighted by molar-refractivity contribution is 7.10. The molecular formula is C49H81N9O9S2. The lowest BCUT2D eigenvalue weighted by Crippen LogP contribution is -2.22. The molecule has 0 spiro atoms. The topological polar surface area (TPSA) is 263 Å². The van der Waals surface area contributed by atoms with Gasteiger partial charge in [0.1, 0.15) is 41.5 Å². The second-order valence-corrected chi connectivity index (χ2v) is 19.2. The zero-order valence-electron chi connectivity index (χ0n) is 44.2. The Balaban J connectivity index is 0. The molecule has 0 saturated carbocycles. The van der Waals surface area contributed by atoms with Gasteiger partial charge >= 0.3 is 0 Å². The van der Waals surface area contributed by atoms with E-state index in [2.05, 4.69) is 79.3 Å². The van der Waals surface area contributed by atoms with Crippen LogP contribution in [0.25, 0.3) is 0 Å². The fourth-order valence-electron chi connectivity index (χ4n) is 4.42. The van der Waals surface area contributed by atoms with E-state index >= 15 is 0 Å². The molecule has 0 radical (unpaired) electrons. The lowest BCUT2D eigenvalue weighted by atomic mass is 10.0. The summed E-state index contributed by atoms with van der Waals surface area (Å²) in [5.74, 6) is 6.29. The zero-order chi connectivity index (χ0) is 53.6. The number of nitrogens with zero attached hydrogens (tertiary/aromatic N) is 4. The van der Waals surface area contributed by atoms with Gasteiger partial charge in [-0.3, -0.25) is 28.7 Å². The number of hydrogen-bond donors (Lipinski definition) is 7. The summed E-state index contributed by atoms with van der Waals surface area (Å²) in [5.41, 5.74) is 4.78. The fourth-order valence-corrected chi connectivity index (χ4v) is 5.83. The molecule has 5 aromatic rings. The summed E-state index contributed by atoms with van der Waals surface area (Å²) in [4.78, 5) is 56.9. The van der Waals surface area contributed by atoms with Gasteiger partial charge in [-0.25, -0.2) is 10.5 Å². The number of thiophene rings is 1.